The summed E-state index contributed by atoms with van der Waals surface area (Å²) in [6, 6.07) is 0. The number of hydrogen-bond acceptors (Lipinski definition) is 6. The molecule has 0 aliphatic carbocycles. The molecular formula is C56H102O6. The van der Waals surface area contributed by atoms with Crippen LogP contribution in [0.15, 0.2) is 36.5 Å². The fourth-order valence-electron chi connectivity index (χ4n) is 7.75. The zero-order chi connectivity index (χ0) is 45.1. The lowest BCUT2D eigenvalue weighted by Crippen LogP contribution is -2.30. The van der Waals surface area contributed by atoms with Crippen molar-refractivity contribution in [3.8, 4) is 0 Å². The SMILES string of the molecule is CCCC/C=C\C/C=C\CCCCCCCC(=O)O[C@H](COC(=O)CCCCCCC/C=C\CCCCC)COC(=O)CCCCCCCCCCCCCCCCCCCC. The van der Waals surface area contributed by atoms with Gasteiger partial charge >= 0.3 is 17.9 Å². The number of esters is 3. The molecule has 1 atom stereocenters. The van der Waals surface area contributed by atoms with Gasteiger partial charge in [0.15, 0.2) is 6.10 Å². The summed E-state index contributed by atoms with van der Waals surface area (Å²) < 4.78 is 16.8. The first-order chi connectivity index (χ1) is 30.5. The van der Waals surface area contributed by atoms with Crippen LogP contribution in [0.2, 0.25) is 0 Å². The van der Waals surface area contributed by atoms with E-state index in [4.69, 9.17) is 14.2 Å². The van der Waals surface area contributed by atoms with Crippen LogP contribution in [0.25, 0.3) is 0 Å². The molecule has 62 heavy (non-hydrogen) atoms. The molecule has 0 aromatic rings. The fourth-order valence-corrected chi connectivity index (χ4v) is 7.75. The maximum atomic E-state index is 12.8. The standard InChI is InChI=1S/C56H102O6/c1-4-7-10-13-16-19-22-25-27-28-29-30-32-34-37-40-43-46-49-55(58)61-52-53(51-60-54(57)48-45-42-39-36-33-24-21-18-15-12-9-6-3)62-56(59)50-47-44-41-38-35-31-26-23-20-17-14-11-8-5-2/h14,17-18,21,23,26,53H,4-13,15-16,19-20,22,24-25,27-52H2,1-3H3/b17-14-,21-18-,26-23-/t53-/m1/s1. The van der Waals surface area contributed by atoms with Crippen molar-refractivity contribution < 1.29 is 28.6 Å². The summed E-state index contributed by atoms with van der Waals surface area (Å²) in [6.07, 6.45) is 59.8. The molecule has 0 unspecified atom stereocenters. The van der Waals surface area contributed by atoms with E-state index in [9.17, 15) is 14.4 Å². The Hall–Kier alpha value is -2.37. The molecule has 0 aromatic carbocycles. The lowest BCUT2D eigenvalue weighted by molar-refractivity contribution is -0.167. The first kappa shape index (κ1) is 59.6. The van der Waals surface area contributed by atoms with Crippen LogP contribution in [0.5, 0.6) is 0 Å². The number of carbonyl (C=O) groups excluding carboxylic acids is 3. The minimum absolute atomic E-state index is 0.0774. The molecule has 0 heterocycles. The summed E-state index contributed by atoms with van der Waals surface area (Å²) in [5, 5.41) is 0. The van der Waals surface area contributed by atoms with Gasteiger partial charge in [0.05, 0.1) is 0 Å². The molecule has 0 saturated carbocycles. The maximum Gasteiger partial charge on any atom is 0.306 e. The molecule has 6 nitrogen and oxygen atoms in total. The molecule has 0 aliphatic heterocycles. The summed E-state index contributed by atoms with van der Waals surface area (Å²) in [6.45, 7) is 6.58. The van der Waals surface area contributed by atoms with E-state index < -0.39 is 6.10 Å². The second-order valence-corrected chi connectivity index (χ2v) is 18.1. The van der Waals surface area contributed by atoms with Gasteiger partial charge in [-0.3, -0.25) is 14.4 Å². The third kappa shape index (κ3) is 48.7. The number of allylic oxidation sites excluding steroid dienone is 6. The Balaban J connectivity index is 4.33. The molecule has 0 saturated heterocycles. The highest BCUT2D eigenvalue weighted by Crippen LogP contribution is 2.16. The Morgan fingerprint density at radius 2 is 0.597 bits per heavy atom. The first-order valence-corrected chi connectivity index (χ1v) is 27.0. The van der Waals surface area contributed by atoms with Crippen LogP contribution in [0.3, 0.4) is 0 Å². The van der Waals surface area contributed by atoms with Gasteiger partial charge in [0.1, 0.15) is 13.2 Å². The van der Waals surface area contributed by atoms with Crippen molar-refractivity contribution in [3.63, 3.8) is 0 Å². The lowest BCUT2D eigenvalue weighted by Gasteiger charge is -2.18. The van der Waals surface area contributed by atoms with E-state index in [0.29, 0.717) is 19.3 Å². The van der Waals surface area contributed by atoms with Gasteiger partial charge in [0.25, 0.3) is 0 Å². The van der Waals surface area contributed by atoms with E-state index in [0.717, 1.165) is 89.9 Å². The summed E-state index contributed by atoms with van der Waals surface area (Å²) in [4.78, 5) is 38.0. The molecule has 0 aromatic heterocycles. The summed E-state index contributed by atoms with van der Waals surface area (Å²) in [7, 11) is 0. The van der Waals surface area contributed by atoms with Crippen molar-refractivity contribution in [1.29, 1.82) is 0 Å². The average molecular weight is 871 g/mol. The molecule has 6 heteroatoms. The number of hydrogen-bond donors (Lipinski definition) is 0. The smallest absolute Gasteiger partial charge is 0.306 e. The third-order valence-corrected chi connectivity index (χ3v) is 11.9. The maximum absolute atomic E-state index is 12.8. The predicted molar refractivity (Wildman–Crippen MR) is 266 cm³/mol. The molecule has 0 fully saturated rings. The normalized spacial score (nSPS) is 12.2. The number of unbranched alkanes of at least 4 members (excludes halogenated alkanes) is 32. The highest BCUT2D eigenvalue weighted by Gasteiger charge is 2.19. The van der Waals surface area contributed by atoms with Crippen LogP contribution < -0.4 is 0 Å². The van der Waals surface area contributed by atoms with Crippen LogP contribution in [-0.2, 0) is 28.6 Å². The van der Waals surface area contributed by atoms with Crippen molar-refractivity contribution >= 4 is 17.9 Å². The van der Waals surface area contributed by atoms with E-state index in [2.05, 4.69) is 57.2 Å². The average Bonchev–Trinajstić information content (AvgIpc) is 3.27. The Morgan fingerprint density at radius 3 is 0.984 bits per heavy atom. The second kappa shape index (κ2) is 51.3. The van der Waals surface area contributed by atoms with E-state index in [1.165, 1.54) is 154 Å². The molecule has 0 rings (SSSR count). The number of ether oxygens (including phenoxy) is 3. The van der Waals surface area contributed by atoms with Gasteiger partial charge in [-0.05, 0) is 70.6 Å². The van der Waals surface area contributed by atoms with Crippen molar-refractivity contribution in [2.24, 2.45) is 0 Å². The second-order valence-electron chi connectivity index (χ2n) is 18.1. The topological polar surface area (TPSA) is 78.9 Å². The van der Waals surface area contributed by atoms with Crippen LogP contribution in [0, 0.1) is 0 Å². The zero-order valence-corrected chi connectivity index (χ0v) is 41.4. The van der Waals surface area contributed by atoms with Crippen LogP contribution in [-0.4, -0.2) is 37.2 Å². The minimum atomic E-state index is -0.779. The van der Waals surface area contributed by atoms with Gasteiger partial charge in [-0.25, -0.2) is 0 Å². The number of carbonyl (C=O) groups is 3. The Kier molecular flexibility index (Phi) is 49.3. The van der Waals surface area contributed by atoms with E-state index in [1.54, 1.807) is 0 Å². The molecule has 0 radical (unpaired) electrons. The highest BCUT2D eigenvalue weighted by atomic mass is 16.6. The van der Waals surface area contributed by atoms with Crippen LogP contribution in [0.4, 0.5) is 0 Å². The summed E-state index contributed by atoms with van der Waals surface area (Å²) in [5.74, 6) is -0.889. The van der Waals surface area contributed by atoms with Gasteiger partial charge in [-0.2, -0.15) is 0 Å². The Labute approximate surface area is 385 Å². The molecule has 0 aliphatic rings. The van der Waals surface area contributed by atoms with Gasteiger partial charge in [-0.15, -0.1) is 0 Å². The first-order valence-electron chi connectivity index (χ1n) is 27.0. The van der Waals surface area contributed by atoms with Crippen LogP contribution >= 0.6 is 0 Å². The van der Waals surface area contributed by atoms with E-state index in [1.807, 2.05) is 0 Å². The Bertz CT molecular complexity index is 1050. The molecule has 0 bridgehead atoms. The van der Waals surface area contributed by atoms with Crippen molar-refractivity contribution in [1.82, 2.24) is 0 Å². The molecule has 0 spiro atoms. The minimum Gasteiger partial charge on any atom is -0.462 e. The van der Waals surface area contributed by atoms with Crippen LogP contribution in [0.1, 0.15) is 284 Å². The Morgan fingerprint density at radius 1 is 0.323 bits per heavy atom. The fraction of sp³-hybridized carbons (Fsp3) is 0.839. The van der Waals surface area contributed by atoms with Gasteiger partial charge in [0.2, 0.25) is 0 Å². The third-order valence-electron chi connectivity index (χ3n) is 11.9. The van der Waals surface area contributed by atoms with Crippen molar-refractivity contribution in [2.45, 2.75) is 290 Å². The molecular weight excluding hydrogens is 769 g/mol. The largest absolute Gasteiger partial charge is 0.462 e. The van der Waals surface area contributed by atoms with Crippen molar-refractivity contribution in [2.75, 3.05) is 13.2 Å². The quantitative estimate of drug-likeness (QED) is 0.0262. The molecule has 0 amide bonds. The van der Waals surface area contributed by atoms with E-state index >= 15 is 0 Å². The monoisotopic (exact) mass is 871 g/mol. The van der Waals surface area contributed by atoms with Crippen molar-refractivity contribution in [3.05, 3.63) is 36.5 Å². The zero-order valence-electron chi connectivity index (χ0n) is 41.4. The molecule has 362 valence electrons. The predicted octanol–water partition coefficient (Wildman–Crippen LogP) is 17.7. The summed E-state index contributed by atoms with van der Waals surface area (Å²) >= 11 is 0. The lowest BCUT2D eigenvalue weighted by atomic mass is 10.0. The van der Waals surface area contributed by atoms with Gasteiger partial charge in [0, 0.05) is 19.3 Å². The van der Waals surface area contributed by atoms with Gasteiger partial charge < -0.3 is 14.2 Å². The summed E-state index contributed by atoms with van der Waals surface area (Å²) in [5.41, 5.74) is 0. The highest BCUT2D eigenvalue weighted by molar-refractivity contribution is 5.71. The van der Waals surface area contributed by atoms with Gasteiger partial charge in [-0.1, -0.05) is 231 Å². The number of rotatable bonds is 49. The van der Waals surface area contributed by atoms with E-state index in [-0.39, 0.29) is 31.1 Å². The molecule has 0 N–H and O–H groups in total.